The Morgan fingerprint density at radius 3 is 2.71 bits per heavy atom. The van der Waals surface area contributed by atoms with Gasteiger partial charge in [-0.2, -0.15) is 5.10 Å². The first-order valence-corrected chi connectivity index (χ1v) is 7.31. The summed E-state index contributed by atoms with van der Waals surface area (Å²) < 4.78 is 8.44. The smallest absolute Gasteiger partial charge is 0.272 e. The number of benzene rings is 1. The van der Waals surface area contributed by atoms with Gasteiger partial charge in [-0.1, -0.05) is 6.92 Å². The number of aryl methyl sites for hydroxylation is 3. The molecule has 112 valence electrons. The summed E-state index contributed by atoms with van der Waals surface area (Å²) in [5, 5.41) is 15.2. The number of nitro groups is 1. The van der Waals surface area contributed by atoms with Crippen molar-refractivity contribution in [2.45, 2.75) is 26.9 Å². The zero-order valence-electron chi connectivity index (χ0n) is 12.1. The molecule has 0 fully saturated rings. The van der Waals surface area contributed by atoms with Crippen LogP contribution in [0.3, 0.4) is 0 Å². The summed E-state index contributed by atoms with van der Waals surface area (Å²) in [6.45, 7) is 4.08. The van der Waals surface area contributed by atoms with Crippen molar-refractivity contribution >= 4 is 21.6 Å². The average molecular weight is 354 g/mol. The average Bonchev–Trinajstić information content (AvgIpc) is 2.71. The molecule has 0 aliphatic rings. The van der Waals surface area contributed by atoms with Crippen LogP contribution in [-0.4, -0.2) is 14.7 Å². The van der Waals surface area contributed by atoms with Crippen LogP contribution in [0.5, 0.6) is 5.75 Å². The summed E-state index contributed by atoms with van der Waals surface area (Å²) in [7, 11) is 1.86. The highest BCUT2D eigenvalue weighted by Crippen LogP contribution is 2.26. The fourth-order valence-corrected chi connectivity index (χ4v) is 2.78. The van der Waals surface area contributed by atoms with Crippen LogP contribution in [0.1, 0.15) is 23.9 Å². The first-order chi connectivity index (χ1) is 9.93. The molecule has 0 unspecified atom stereocenters. The van der Waals surface area contributed by atoms with Crippen LogP contribution in [0.15, 0.2) is 22.7 Å². The molecule has 0 aliphatic carbocycles. The van der Waals surface area contributed by atoms with E-state index in [2.05, 4.69) is 21.0 Å². The summed E-state index contributed by atoms with van der Waals surface area (Å²) >= 11 is 3.53. The van der Waals surface area contributed by atoms with Gasteiger partial charge in [-0.3, -0.25) is 14.8 Å². The monoisotopic (exact) mass is 353 g/mol. The standard InChI is InChI=1S/C14H16BrN3O3/c1-4-11-14(15)13(17(3)16-11)8-21-10-5-6-12(18(19)20)9(2)7-10/h5-7H,4,8H2,1-3H3. The molecule has 0 atom stereocenters. The van der Waals surface area contributed by atoms with Crippen molar-refractivity contribution in [3.8, 4) is 5.75 Å². The Hall–Kier alpha value is -1.89. The molecule has 0 aliphatic heterocycles. The van der Waals surface area contributed by atoms with Crippen LogP contribution in [0.25, 0.3) is 0 Å². The van der Waals surface area contributed by atoms with Gasteiger partial charge in [0, 0.05) is 18.7 Å². The molecule has 0 amide bonds. The van der Waals surface area contributed by atoms with Crippen molar-refractivity contribution in [3.05, 3.63) is 49.7 Å². The van der Waals surface area contributed by atoms with Gasteiger partial charge in [0.05, 0.1) is 20.8 Å². The van der Waals surface area contributed by atoms with Gasteiger partial charge in [0.1, 0.15) is 12.4 Å². The maximum absolute atomic E-state index is 10.8. The van der Waals surface area contributed by atoms with E-state index >= 15 is 0 Å². The largest absolute Gasteiger partial charge is 0.487 e. The zero-order valence-corrected chi connectivity index (χ0v) is 13.7. The van der Waals surface area contributed by atoms with Gasteiger partial charge in [-0.25, -0.2) is 0 Å². The first kappa shape index (κ1) is 15.5. The van der Waals surface area contributed by atoms with Crippen LogP contribution in [-0.2, 0) is 20.1 Å². The number of nitro benzene ring substituents is 1. The van der Waals surface area contributed by atoms with E-state index in [0.717, 1.165) is 22.3 Å². The molecule has 1 aromatic carbocycles. The lowest BCUT2D eigenvalue weighted by Gasteiger charge is -2.08. The summed E-state index contributed by atoms with van der Waals surface area (Å²) in [6, 6.07) is 4.74. The number of hydrogen-bond acceptors (Lipinski definition) is 4. The molecule has 0 radical (unpaired) electrons. The van der Waals surface area contributed by atoms with Gasteiger partial charge in [0.15, 0.2) is 0 Å². The maximum atomic E-state index is 10.8. The van der Waals surface area contributed by atoms with Crippen molar-refractivity contribution < 1.29 is 9.66 Å². The molecule has 7 heteroatoms. The molecule has 0 saturated heterocycles. The minimum Gasteiger partial charge on any atom is -0.487 e. The minimum atomic E-state index is -0.398. The van der Waals surface area contributed by atoms with Gasteiger partial charge in [-0.15, -0.1) is 0 Å². The van der Waals surface area contributed by atoms with Crippen LogP contribution in [0.4, 0.5) is 5.69 Å². The highest BCUT2D eigenvalue weighted by molar-refractivity contribution is 9.10. The number of ether oxygens (including phenoxy) is 1. The van der Waals surface area contributed by atoms with Crippen molar-refractivity contribution in [2.75, 3.05) is 0 Å². The van der Waals surface area contributed by atoms with Crippen molar-refractivity contribution in [1.82, 2.24) is 9.78 Å². The van der Waals surface area contributed by atoms with Gasteiger partial charge >= 0.3 is 0 Å². The van der Waals surface area contributed by atoms with Crippen LogP contribution in [0, 0.1) is 17.0 Å². The van der Waals surface area contributed by atoms with Crippen LogP contribution in [0.2, 0.25) is 0 Å². The fourth-order valence-electron chi connectivity index (χ4n) is 2.05. The second kappa shape index (κ2) is 6.26. The zero-order chi connectivity index (χ0) is 15.6. The Morgan fingerprint density at radius 2 is 2.19 bits per heavy atom. The Balaban J connectivity index is 2.15. The van der Waals surface area contributed by atoms with E-state index in [-0.39, 0.29) is 5.69 Å². The highest BCUT2D eigenvalue weighted by Gasteiger charge is 2.14. The maximum Gasteiger partial charge on any atom is 0.272 e. The van der Waals surface area contributed by atoms with E-state index in [1.807, 2.05) is 14.0 Å². The molecule has 1 heterocycles. The summed E-state index contributed by atoms with van der Waals surface area (Å²) in [6.07, 6.45) is 0.838. The summed E-state index contributed by atoms with van der Waals surface area (Å²) in [4.78, 5) is 10.4. The molecule has 1 aromatic heterocycles. The minimum absolute atomic E-state index is 0.0948. The molecule has 2 aromatic rings. The van der Waals surface area contributed by atoms with Crippen LogP contribution >= 0.6 is 15.9 Å². The topological polar surface area (TPSA) is 70.2 Å². The Kier molecular flexibility index (Phi) is 4.62. The highest BCUT2D eigenvalue weighted by atomic mass is 79.9. The lowest BCUT2D eigenvalue weighted by molar-refractivity contribution is -0.385. The molecule has 0 bridgehead atoms. The van der Waals surface area contributed by atoms with Crippen molar-refractivity contribution in [3.63, 3.8) is 0 Å². The SMILES string of the molecule is CCc1nn(C)c(COc2ccc([N+](=O)[O-])c(C)c2)c1Br. The normalized spacial score (nSPS) is 10.7. The predicted octanol–water partition coefficient (Wildman–Crippen LogP) is 3.54. The number of rotatable bonds is 5. The van der Waals surface area contributed by atoms with Gasteiger partial charge in [0.2, 0.25) is 0 Å². The molecular weight excluding hydrogens is 338 g/mol. The quantitative estimate of drug-likeness (QED) is 0.608. The van der Waals surface area contributed by atoms with E-state index in [0.29, 0.717) is 17.9 Å². The molecule has 0 N–H and O–H groups in total. The van der Waals surface area contributed by atoms with E-state index in [9.17, 15) is 10.1 Å². The number of aromatic nitrogens is 2. The van der Waals surface area contributed by atoms with E-state index < -0.39 is 4.92 Å². The Morgan fingerprint density at radius 1 is 1.48 bits per heavy atom. The second-order valence-corrected chi connectivity index (χ2v) is 5.47. The third-order valence-corrected chi connectivity index (χ3v) is 4.16. The molecule has 6 nitrogen and oxygen atoms in total. The Labute approximate surface area is 131 Å². The van der Waals surface area contributed by atoms with Crippen LogP contribution < -0.4 is 4.74 Å². The van der Waals surface area contributed by atoms with Crippen molar-refractivity contribution in [2.24, 2.45) is 7.05 Å². The summed E-state index contributed by atoms with van der Waals surface area (Å²) in [5.41, 5.74) is 2.59. The number of halogens is 1. The second-order valence-electron chi connectivity index (χ2n) is 4.68. The van der Waals surface area contributed by atoms with Gasteiger partial charge < -0.3 is 4.74 Å². The third kappa shape index (κ3) is 3.24. The lowest BCUT2D eigenvalue weighted by Crippen LogP contribution is -2.04. The van der Waals surface area contributed by atoms with Crippen molar-refractivity contribution in [1.29, 1.82) is 0 Å². The van der Waals surface area contributed by atoms with E-state index in [1.54, 1.807) is 23.7 Å². The Bertz CT molecular complexity index is 682. The molecular formula is C14H16BrN3O3. The predicted molar refractivity (Wildman–Crippen MR) is 82.5 cm³/mol. The fraction of sp³-hybridized carbons (Fsp3) is 0.357. The van der Waals surface area contributed by atoms with Gasteiger partial charge in [-0.05, 0) is 41.4 Å². The number of hydrogen-bond donors (Lipinski definition) is 0. The molecule has 2 rings (SSSR count). The molecule has 0 spiro atoms. The number of nitrogens with zero attached hydrogens (tertiary/aromatic N) is 3. The lowest BCUT2D eigenvalue weighted by atomic mass is 10.2. The summed E-state index contributed by atoms with van der Waals surface area (Å²) in [5.74, 6) is 0.601. The van der Waals surface area contributed by atoms with E-state index in [1.165, 1.54) is 6.07 Å². The molecule has 0 saturated carbocycles. The van der Waals surface area contributed by atoms with E-state index in [4.69, 9.17) is 4.74 Å². The third-order valence-electron chi connectivity index (χ3n) is 3.24. The van der Waals surface area contributed by atoms with Gasteiger partial charge in [0.25, 0.3) is 5.69 Å². The first-order valence-electron chi connectivity index (χ1n) is 6.52. The molecule has 21 heavy (non-hydrogen) atoms.